The Hall–Kier alpha value is -1.13. The predicted octanol–water partition coefficient (Wildman–Crippen LogP) is 0.998. The maximum Gasteiger partial charge on any atom is 0.319 e. The van der Waals surface area contributed by atoms with Gasteiger partial charge in [0.2, 0.25) is 0 Å². The van der Waals surface area contributed by atoms with Crippen LogP contribution in [0.2, 0.25) is 5.02 Å². The molecule has 1 N–H and O–H groups in total. The Morgan fingerprint density at radius 1 is 1.71 bits per heavy atom. The van der Waals surface area contributed by atoms with Gasteiger partial charge < -0.3 is 10.1 Å². The number of methoxy groups -OCH3 is 1. The summed E-state index contributed by atoms with van der Waals surface area (Å²) in [5.41, 5.74) is 0.908. The second-order valence-corrected chi connectivity index (χ2v) is 3.05. The number of pyridine rings is 1. The number of halogens is 1. The number of rotatable bonds is 4. The van der Waals surface area contributed by atoms with Crippen LogP contribution < -0.4 is 5.32 Å². The topological polar surface area (TPSA) is 51.2 Å². The number of carbonyl (C=O) groups is 1. The van der Waals surface area contributed by atoms with E-state index in [1.165, 1.54) is 7.11 Å². The van der Waals surface area contributed by atoms with Crippen LogP contribution in [0, 0.1) is 0 Å². The van der Waals surface area contributed by atoms with E-state index in [0.717, 1.165) is 5.56 Å². The summed E-state index contributed by atoms with van der Waals surface area (Å²) >= 11 is 5.85. The van der Waals surface area contributed by atoms with Crippen molar-refractivity contribution in [1.29, 1.82) is 0 Å². The molecule has 1 aromatic rings. The molecule has 0 amide bonds. The normalized spacial score (nSPS) is 9.86. The highest BCUT2D eigenvalue weighted by Crippen LogP contribution is 2.12. The van der Waals surface area contributed by atoms with Crippen LogP contribution in [-0.2, 0) is 16.1 Å². The van der Waals surface area contributed by atoms with Crippen molar-refractivity contribution in [1.82, 2.24) is 10.3 Å². The van der Waals surface area contributed by atoms with Crippen LogP contribution in [0.15, 0.2) is 18.5 Å². The molecule has 5 heteroatoms. The van der Waals surface area contributed by atoms with Crippen molar-refractivity contribution < 1.29 is 9.53 Å². The molecule has 0 saturated heterocycles. The third-order valence-corrected chi connectivity index (χ3v) is 2.01. The molecule has 1 rings (SSSR count). The molecular formula is C9H11ClN2O2. The van der Waals surface area contributed by atoms with Crippen LogP contribution >= 0.6 is 11.6 Å². The fourth-order valence-corrected chi connectivity index (χ4v) is 1.10. The fraction of sp³-hybridized carbons (Fsp3) is 0.333. The van der Waals surface area contributed by atoms with Gasteiger partial charge in [-0.15, -0.1) is 0 Å². The van der Waals surface area contributed by atoms with Crippen molar-refractivity contribution in [3.05, 3.63) is 29.0 Å². The Bertz CT molecular complexity index is 317. The minimum atomic E-state index is -0.296. The minimum Gasteiger partial charge on any atom is -0.468 e. The second-order valence-electron chi connectivity index (χ2n) is 2.65. The number of hydrogen-bond donors (Lipinski definition) is 1. The van der Waals surface area contributed by atoms with Crippen LogP contribution in [0.5, 0.6) is 0 Å². The zero-order valence-electron chi connectivity index (χ0n) is 7.79. The molecular weight excluding hydrogens is 204 g/mol. The van der Waals surface area contributed by atoms with Gasteiger partial charge in [-0.2, -0.15) is 0 Å². The van der Waals surface area contributed by atoms with E-state index in [9.17, 15) is 4.79 Å². The minimum absolute atomic E-state index is 0.176. The molecule has 0 fully saturated rings. The third kappa shape index (κ3) is 3.32. The molecule has 1 aromatic heterocycles. The van der Waals surface area contributed by atoms with Gasteiger partial charge in [-0.1, -0.05) is 11.6 Å². The first-order valence-corrected chi connectivity index (χ1v) is 4.47. The van der Waals surface area contributed by atoms with Crippen LogP contribution in [0.1, 0.15) is 5.56 Å². The molecule has 0 atom stereocenters. The van der Waals surface area contributed by atoms with Gasteiger partial charge in [-0.05, 0) is 11.6 Å². The number of nitrogens with one attached hydrogen (secondary N) is 1. The molecule has 0 saturated carbocycles. The summed E-state index contributed by atoms with van der Waals surface area (Å²) in [6, 6.07) is 1.80. The molecule has 0 bridgehead atoms. The SMILES string of the molecule is COC(=O)CNCc1ccncc1Cl. The van der Waals surface area contributed by atoms with Crippen LogP contribution in [-0.4, -0.2) is 24.6 Å². The van der Waals surface area contributed by atoms with Gasteiger partial charge in [-0.3, -0.25) is 9.78 Å². The Morgan fingerprint density at radius 3 is 3.14 bits per heavy atom. The lowest BCUT2D eigenvalue weighted by Crippen LogP contribution is -2.23. The van der Waals surface area contributed by atoms with Gasteiger partial charge in [0.25, 0.3) is 0 Å². The standard InChI is InChI=1S/C9H11ClN2O2/c1-14-9(13)6-12-4-7-2-3-11-5-8(7)10/h2-3,5,12H,4,6H2,1H3. The molecule has 14 heavy (non-hydrogen) atoms. The summed E-state index contributed by atoms with van der Waals surface area (Å²) in [5, 5.41) is 3.49. The Kier molecular flexibility index (Phi) is 4.35. The van der Waals surface area contributed by atoms with E-state index >= 15 is 0 Å². The predicted molar refractivity (Wildman–Crippen MR) is 53.0 cm³/mol. The largest absolute Gasteiger partial charge is 0.468 e. The lowest BCUT2D eigenvalue weighted by molar-refractivity contribution is -0.139. The summed E-state index contributed by atoms with van der Waals surface area (Å²) in [4.78, 5) is 14.6. The number of carbonyl (C=O) groups excluding carboxylic acids is 1. The lowest BCUT2D eigenvalue weighted by atomic mass is 10.3. The summed E-state index contributed by atoms with van der Waals surface area (Å²) in [7, 11) is 1.35. The molecule has 1 heterocycles. The first-order chi connectivity index (χ1) is 6.74. The van der Waals surface area contributed by atoms with E-state index in [1.807, 2.05) is 0 Å². The number of esters is 1. The summed E-state index contributed by atoms with van der Waals surface area (Å²) < 4.78 is 4.47. The van der Waals surface area contributed by atoms with Crippen molar-refractivity contribution in [3.63, 3.8) is 0 Å². The van der Waals surface area contributed by atoms with Crippen LogP contribution in [0.25, 0.3) is 0 Å². The van der Waals surface area contributed by atoms with Gasteiger partial charge >= 0.3 is 5.97 Å². The van der Waals surface area contributed by atoms with Gasteiger partial charge in [-0.25, -0.2) is 0 Å². The molecule has 0 unspecified atom stereocenters. The highest BCUT2D eigenvalue weighted by molar-refractivity contribution is 6.31. The third-order valence-electron chi connectivity index (χ3n) is 1.67. The summed E-state index contributed by atoms with van der Waals surface area (Å²) in [6.45, 7) is 0.700. The Labute approximate surface area is 87.2 Å². The molecule has 0 aromatic carbocycles. The van der Waals surface area contributed by atoms with Gasteiger partial charge in [0.05, 0.1) is 18.7 Å². The second kappa shape index (κ2) is 5.57. The van der Waals surface area contributed by atoms with Crippen molar-refractivity contribution in [2.45, 2.75) is 6.54 Å². The lowest BCUT2D eigenvalue weighted by Gasteiger charge is -2.04. The molecule has 0 spiro atoms. The average molecular weight is 215 g/mol. The van der Waals surface area contributed by atoms with Crippen molar-refractivity contribution in [2.75, 3.05) is 13.7 Å². The average Bonchev–Trinajstić information content (AvgIpc) is 2.20. The summed E-state index contributed by atoms with van der Waals surface area (Å²) in [6.07, 6.45) is 3.22. The first kappa shape index (κ1) is 10.9. The number of ether oxygens (including phenoxy) is 1. The number of hydrogen-bond acceptors (Lipinski definition) is 4. The van der Waals surface area contributed by atoms with Crippen molar-refractivity contribution in [2.24, 2.45) is 0 Å². The fourth-order valence-electron chi connectivity index (χ4n) is 0.919. The zero-order valence-corrected chi connectivity index (χ0v) is 8.54. The molecule has 76 valence electrons. The maximum atomic E-state index is 10.8. The summed E-state index contributed by atoms with van der Waals surface area (Å²) in [5.74, 6) is -0.296. The van der Waals surface area contributed by atoms with Crippen molar-refractivity contribution in [3.8, 4) is 0 Å². The number of nitrogens with zero attached hydrogens (tertiary/aromatic N) is 1. The Balaban J connectivity index is 2.39. The molecule has 0 aliphatic heterocycles. The van der Waals surface area contributed by atoms with Crippen LogP contribution in [0.3, 0.4) is 0 Å². The molecule has 0 aliphatic carbocycles. The van der Waals surface area contributed by atoms with E-state index < -0.39 is 0 Å². The highest BCUT2D eigenvalue weighted by atomic mass is 35.5. The quantitative estimate of drug-likeness (QED) is 0.760. The van der Waals surface area contributed by atoms with E-state index in [4.69, 9.17) is 11.6 Å². The first-order valence-electron chi connectivity index (χ1n) is 4.10. The Morgan fingerprint density at radius 2 is 2.50 bits per heavy atom. The zero-order chi connectivity index (χ0) is 10.4. The van der Waals surface area contributed by atoms with Gasteiger partial charge in [0.15, 0.2) is 0 Å². The molecule has 0 aliphatic rings. The maximum absolute atomic E-state index is 10.8. The van der Waals surface area contributed by atoms with E-state index in [-0.39, 0.29) is 12.5 Å². The smallest absolute Gasteiger partial charge is 0.319 e. The van der Waals surface area contributed by atoms with E-state index in [1.54, 1.807) is 18.5 Å². The van der Waals surface area contributed by atoms with Gasteiger partial charge in [0, 0.05) is 18.9 Å². The highest BCUT2D eigenvalue weighted by Gasteiger charge is 2.01. The van der Waals surface area contributed by atoms with Crippen LogP contribution in [0.4, 0.5) is 0 Å². The monoisotopic (exact) mass is 214 g/mol. The number of aromatic nitrogens is 1. The molecule has 4 nitrogen and oxygen atoms in total. The van der Waals surface area contributed by atoms with Crippen molar-refractivity contribution >= 4 is 17.6 Å². The molecule has 0 radical (unpaired) electrons. The van der Waals surface area contributed by atoms with Gasteiger partial charge in [0.1, 0.15) is 0 Å². The van der Waals surface area contributed by atoms with E-state index in [0.29, 0.717) is 11.6 Å². The van der Waals surface area contributed by atoms with E-state index in [2.05, 4.69) is 15.0 Å².